The van der Waals surface area contributed by atoms with Gasteiger partial charge in [-0.25, -0.2) is 4.39 Å². The van der Waals surface area contributed by atoms with E-state index in [0.29, 0.717) is 19.8 Å². The van der Waals surface area contributed by atoms with Crippen LogP contribution in [0.4, 0.5) is 4.39 Å². The molecule has 0 aromatic heterocycles. The first-order valence-corrected chi connectivity index (χ1v) is 5.41. The molecule has 0 aliphatic carbocycles. The summed E-state index contributed by atoms with van der Waals surface area (Å²) in [5.41, 5.74) is 1.96. The summed E-state index contributed by atoms with van der Waals surface area (Å²) in [5, 5.41) is 12.7. The van der Waals surface area contributed by atoms with Crippen LogP contribution in [0.25, 0.3) is 0 Å². The zero-order valence-electron chi connectivity index (χ0n) is 9.24. The minimum Gasteiger partial charge on any atom is -0.389 e. The van der Waals surface area contributed by atoms with Crippen molar-refractivity contribution in [1.82, 2.24) is 5.32 Å². The molecule has 2 atom stereocenters. The second kappa shape index (κ2) is 4.91. The van der Waals surface area contributed by atoms with Gasteiger partial charge in [0.2, 0.25) is 0 Å². The predicted molar refractivity (Wildman–Crippen MR) is 58.6 cm³/mol. The van der Waals surface area contributed by atoms with Gasteiger partial charge in [0.25, 0.3) is 0 Å². The first kappa shape index (κ1) is 11.5. The molecule has 4 heteroatoms. The number of aryl methyl sites for hydroxylation is 1. The molecule has 1 aromatic carbocycles. The Morgan fingerprint density at radius 3 is 3.00 bits per heavy atom. The Hall–Kier alpha value is -0.970. The van der Waals surface area contributed by atoms with Crippen LogP contribution in [0.5, 0.6) is 0 Å². The zero-order valence-corrected chi connectivity index (χ0v) is 9.24. The molecule has 2 N–H and O–H groups in total. The Morgan fingerprint density at radius 1 is 1.50 bits per heavy atom. The van der Waals surface area contributed by atoms with E-state index >= 15 is 0 Å². The van der Waals surface area contributed by atoms with Gasteiger partial charge < -0.3 is 15.2 Å². The maximum absolute atomic E-state index is 13.0. The van der Waals surface area contributed by atoms with Gasteiger partial charge in [-0.15, -0.1) is 0 Å². The molecule has 0 spiro atoms. The average Bonchev–Trinajstić information content (AvgIpc) is 2.66. The largest absolute Gasteiger partial charge is 0.389 e. The molecule has 1 saturated heterocycles. The lowest BCUT2D eigenvalue weighted by molar-refractivity contribution is 0.122. The van der Waals surface area contributed by atoms with Gasteiger partial charge in [-0.1, -0.05) is 6.07 Å². The van der Waals surface area contributed by atoms with Gasteiger partial charge in [0.05, 0.1) is 25.4 Å². The fourth-order valence-corrected chi connectivity index (χ4v) is 1.81. The Morgan fingerprint density at radius 2 is 2.31 bits per heavy atom. The van der Waals surface area contributed by atoms with Crippen molar-refractivity contribution in [3.63, 3.8) is 0 Å². The van der Waals surface area contributed by atoms with Crippen LogP contribution in [-0.4, -0.2) is 30.5 Å². The monoisotopic (exact) mass is 225 g/mol. The van der Waals surface area contributed by atoms with Crippen molar-refractivity contribution < 1.29 is 14.2 Å². The van der Waals surface area contributed by atoms with Crippen LogP contribution < -0.4 is 5.32 Å². The Labute approximate surface area is 94.2 Å². The van der Waals surface area contributed by atoms with E-state index in [1.165, 1.54) is 12.1 Å². The van der Waals surface area contributed by atoms with Crippen LogP contribution in [0, 0.1) is 12.7 Å². The highest BCUT2D eigenvalue weighted by atomic mass is 19.1. The van der Waals surface area contributed by atoms with E-state index in [0.717, 1.165) is 11.1 Å². The highest BCUT2D eigenvalue weighted by Gasteiger charge is 2.25. The quantitative estimate of drug-likeness (QED) is 0.806. The standard InChI is InChI=1S/C12H16FNO2/c1-8-2-3-10(13)4-9(8)5-14-11-6-16-7-12(11)15/h2-4,11-12,14-15H,5-7H2,1H3/t11-,12+/m0/s1. The van der Waals surface area contributed by atoms with E-state index in [1.807, 2.05) is 6.92 Å². The molecule has 0 saturated carbocycles. The van der Waals surface area contributed by atoms with Gasteiger partial charge in [-0.2, -0.15) is 0 Å². The molecule has 1 fully saturated rings. The van der Waals surface area contributed by atoms with Crippen molar-refractivity contribution in [2.45, 2.75) is 25.6 Å². The molecule has 1 aliphatic heterocycles. The van der Waals surface area contributed by atoms with Gasteiger partial charge in [0, 0.05) is 6.54 Å². The molecule has 88 valence electrons. The zero-order chi connectivity index (χ0) is 11.5. The van der Waals surface area contributed by atoms with E-state index in [-0.39, 0.29) is 11.9 Å². The second-order valence-electron chi connectivity index (χ2n) is 4.16. The third kappa shape index (κ3) is 2.58. The van der Waals surface area contributed by atoms with Crippen LogP contribution in [0.1, 0.15) is 11.1 Å². The summed E-state index contributed by atoms with van der Waals surface area (Å²) in [5.74, 6) is -0.231. The van der Waals surface area contributed by atoms with Crippen molar-refractivity contribution in [1.29, 1.82) is 0 Å². The lowest BCUT2D eigenvalue weighted by Crippen LogP contribution is -2.38. The number of hydrogen-bond acceptors (Lipinski definition) is 3. The van der Waals surface area contributed by atoms with Gasteiger partial charge >= 0.3 is 0 Å². The highest BCUT2D eigenvalue weighted by Crippen LogP contribution is 2.12. The van der Waals surface area contributed by atoms with E-state index in [9.17, 15) is 9.50 Å². The van der Waals surface area contributed by atoms with Crippen LogP contribution in [0.2, 0.25) is 0 Å². The summed E-state index contributed by atoms with van der Waals surface area (Å²) < 4.78 is 18.1. The minimum atomic E-state index is -0.464. The van der Waals surface area contributed by atoms with Crippen molar-refractivity contribution in [2.75, 3.05) is 13.2 Å². The summed E-state index contributed by atoms with van der Waals surface area (Å²) in [6.07, 6.45) is -0.464. The highest BCUT2D eigenvalue weighted by molar-refractivity contribution is 5.26. The first-order valence-electron chi connectivity index (χ1n) is 5.41. The molecule has 0 unspecified atom stereocenters. The smallest absolute Gasteiger partial charge is 0.123 e. The third-order valence-electron chi connectivity index (χ3n) is 2.92. The lowest BCUT2D eigenvalue weighted by Gasteiger charge is -2.15. The van der Waals surface area contributed by atoms with Crippen LogP contribution in [0.15, 0.2) is 18.2 Å². The minimum absolute atomic E-state index is 0.0531. The fraction of sp³-hybridized carbons (Fsp3) is 0.500. The van der Waals surface area contributed by atoms with Gasteiger partial charge in [-0.05, 0) is 30.2 Å². The normalized spacial score (nSPS) is 24.9. The maximum atomic E-state index is 13.0. The molecular formula is C12H16FNO2. The average molecular weight is 225 g/mol. The Bertz CT molecular complexity index is 370. The van der Waals surface area contributed by atoms with Crippen molar-refractivity contribution in [3.8, 4) is 0 Å². The summed E-state index contributed by atoms with van der Waals surface area (Å²) >= 11 is 0. The van der Waals surface area contributed by atoms with E-state index < -0.39 is 6.10 Å². The maximum Gasteiger partial charge on any atom is 0.123 e. The predicted octanol–water partition coefficient (Wildman–Crippen LogP) is 0.983. The summed E-state index contributed by atoms with van der Waals surface area (Å²) in [4.78, 5) is 0. The number of hydrogen-bond donors (Lipinski definition) is 2. The van der Waals surface area contributed by atoms with Crippen LogP contribution in [-0.2, 0) is 11.3 Å². The van der Waals surface area contributed by atoms with Crippen LogP contribution in [0.3, 0.4) is 0 Å². The molecule has 0 bridgehead atoms. The van der Waals surface area contributed by atoms with Gasteiger partial charge in [0.1, 0.15) is 5.82 Å². The summed E-state index contributed by atoms with van der Waals surface area (Å²) in [6, 6.07) is 4.67. The third-order valence-corrected chi connectivity index (χ3v) is 2.92. The molecule has 2 rings (SSSR count). The molecule has 1 aliphatic rings. The summed E-state index contributed by atoms with van der Waals surface area (Å²) in [7, 11) is 0. The number of benzene rings is 1. The Balaban J connectivity index is 1.96. The molecule has 1 aromatic rings. The van der Waals surface area contributed by atoms with Crippen molar-refractivity contribution in [3.05, 3.63) is 35.1 Å². The molecule has 0 radical (unpaired) electrons. The number of nitrogens with one attached hydrogen (secondary N) is 1. The van der Waals surface area contributed by atoms with Gasteiger partial charge in [-0.3, -0.25) is 0 Å². The lowest BCUT2D eigenvalue weighted by atomic mass is 10.1. The number of rotatable bonds is 3. The van der Waals surface area contributed by atoms with E-state index in [1.54, 1.807) is 6.07 Å². The molecular weight excluding hydrogens is 209 g/mol. The number of halogens is 1. The van der Waals surface area contributed by atoms with Crippen molar-refractivity contribution in [2.24, 2.45) is 0 Å². The second-order valence-corrected chi connectivity index (χ2v) is 4.16. The van der Waals surface area contributed by atoms with Gasteiger partial charge in [0.15, 0.2) is 0 Å². The van der Waals surface area contributed by atoms with E-state index in [4.69, 9.17) is 4.74 Å². The topological polar surface area (TPSA) is 41.5 Å². The SMILES string of the molecule is Cc1ccc(F)cc1CN[C@H]1COC[C@H]1O. The Kier molecular flexibility index (Phi) is 3.53. The molecule has 3 nitrogen and oxygen atoms in total. The van der Waals surface area contributed by atoms with Crippen LogP contribution >= 0.6 is 0 Å². The first-order chi connectivity index (χ1) is 7.66. The van der Waals surface area contributed by atoms with Crippen molar-refractivity contribution >= 4 is 0 Å². The molecule has 0 amide bonds. The van der Waals surface area contributed by atoms with E-state index in [2.05, 4.69) is 5.32 Å². The fourth-order valence-electron chi connectivity index (χ4n) is 1.81. The molecule has 1 heterocycles. The number of aliphatic hydroxyl groups excluding tert-OH is 1. The number of ether oxygens (including phenoxy) is 1. The summed E-state index contributed by atoms with van der Waals surface area (Å²) in [6.45, 7) is 3.38. The molecule has 16 heavy (non-hydrogen) atoms. The number of aliphatic hydroxyl groups is 1.